The Labute approximate surface area is 104 Å². The molecule has 1 aromatic rings. The molecule has 1 saturated carbocycles. The molecule has 0 atom stereocenters. The zero-order chi connectivity index (χ0) is 11.7. The highest BCUT2D eigenvalue weighted by Gasteiger charge is 2.24. The van der Waals surface area contributed by atoms with Gasteiger partial charge in [-0.25, -0.2) is 0 Å². The van der Waals surface area contributed by atoms with E-state index in [1.165, 1.54) is 62.0 Å². The summed E-state index contributed by atoms with van der Waals surface area (Å²) in [6.45, 7) is 3.14. The molecular formula is C15H22N2. The van der Waals surface area contributed by atoms with Crippen LogP contribution in [-0.4, -0.2) is 13.1 Å². The first-order valence-electron chi connectivity index (χ1n) is 6.94. The van der Waals surface area contributed by atoms with Crippen LogP contribution in [0.3, 0.4) is 0 Å². The second-order valence-electron chi connectivity index (χ2n) is 5.47. The summed E-state index contributed by atoms with van der Waals surface area (Å²) in [5, 5.41) is 0. The van der Waals surface area contributed by atoms with Crippen molar-refractivity contribution in [2.24, 2.45) is 11.7 Å². The molecule has 0 spiro atoms. The van der Waals surface area contributed by atoms with Crippen molar-refractivity contribution in [2.75, 3.05) is 18.0 Å². The van der Waals surface area contributed by atoms with Gasteiger partial charge in [0.25, 0.3) is 0 Å². The van der Waals surface area contributed by atoms with Crippen LogP contribution in [-0.2, 0) is 13.0 Å². The first-order chi connectivity index (χ1) is 8.38. The van der Waals surface area contributed by atoms with E-state index in [-0.39, 0.29) is 0 Å². The largest absolute Gasteiger partial charge is 0.371 e. The van der Waals surface area contributed by atoms with Crippen molar-refractivity contribution in [1.82, 2.24) is 0 Å². The van der Waals surface area contributed by atoms with Crippen LogP contribution in [0.25, 0.3) is 0 Å². The third-order valence-electron chi connectivity index (χ3n) is 4.39. The third-order valence-corrected chi connectivity index (χ3v) is 4.39. The maximum atomic E-state index is 5.81. The highest BCUT2D eigenvalue weighted by atomic mass is 15.1. The summed E-state index contributed by atoms with van der Waals surface area (Å²) in [4.78, 5) is 2.59. The number of hydrogen-bond donors (Lipinski definition) is 1. The van der Waals surface area contributed by atoms with Gasteiger partial charge in [0, 0.05) is 25.3 Å². The van der Waals surface area contributed by atoms with Crippen LogP contribution in [0.1, 0.15) is 36.8 Å². The van der Waals surface area contributed by atoms with Crippen molar-refractivity contribution in [3.05, 3.63) is 29.3 Å². The Morgan fingerprint density at radius 1 is 1.24 bits per heavy atom. The highest BCUT2D eigenvalue weighted by molar-refractivity contribution is 5.60. The minimum absolute atomic E-state index is 0.681. The lowest BCUT2D eigenvalue weighted by atomic mass is 10.0. The van der Waals surface area contributed by atoms with E-state index in [0.29, 0.717) is 6.54 Å². The number of nitrogens with two attached hydrogens (primary N) is 1. The zero-order valence-corrected chi connectivity index (χ0v) is 10.5. The molecule has 2 heteroatoms. The van der Waals surface area contributed by atoms with Crippen molar-refractivity contribution < 1.29 is 0 Å². The maximum Gasteiger partial charge on any atom is 0.0402 e. The monoisotopic (exact) mass is 230 g/mol. The molecule has 1 aliphatic heterocycles. The van der Waals surface area contributed by atoms with Crippen molar-refractivity contribution in [3.63, 3.8) is 0 Å². The lowest BCUT2D eigenvalue weighted by molar-refractivity contribution is 0.538. The highest BCUT2D eigenvalue weighted by Crippen LogP contribution is 2.33. The smallest absolute Gasteiger partial charge is 0.0402 e. The van der Waals surface area contributed by atoms with Crippen LogP contribution < -0.4 is 10.6 Å². The summed E-state index contributed by atoms with van der Waals surface area (Å²) in [7, 11) is 0. The number of fused-ring (bicyclic) bond motifs is 1. The van der Waals surface area contributed by atoms with Crippen LogP contribution in [0.2, 0.25) is 0 Å². The fourth-order valence-corrected chi connectivity index (χ4v) is 3.46. The number of anilines is 1. The van der Waals surface area contributed by atoms with Gasteiger partial charge >= 0.3 is 0 Å². The number of nitrogens with zero attached hydrogens (tertiary/aromatic N) is 1. The molecule has 1 aromatic carbocycles. The van der Waals surface area contributed by atoms with E-state index in [0.717, 1.165) is 5.92 Å². The minimum atomic E-state index is 0.681. The van der Waals surface area contributed by atoms with Gasteiger partial charge in [0.15, 0.2) is 0 Å². The molecule has 2 N–H and O–H groups in total. The van der Waals surface area contributed by atoms with E-state index >= 15 is 0 Å². The number of rotatable bonds is 3. The molecule has 92 valence electrons. The maximum absolute atomic E-state index is 5.81. The van der Waals surface area contributed by atoms with Crippen molar-refractivity contribution >= 4 is 5.69 Å². The van der Waals surface area contributed by atoms with E-state index < -0.39 is 0 Å². The van der Waals surface area contributed by atoms with Crippen molar-refractivity contribution in [1.29, 1.82) is 0 Å². The summed E-state index contributed by atoms with van der Waals surface area (Å²) < 4.78 is 0. The number of benzene rings is 1. The molecule has 3 rings (SSSR count). The Hall–Kier alpha value is -1.02. The van der Waals surface area contributed by atoms with E-state index in [1.54, 1.807) is 0 Å². The Bertz CT molecular complexity index is 394. The van der Waals surface area contributed by atoms with Crippen molar-refractivity contribution in [2.45, 2.75) is 38.6 Å². The predicted molar refractivity (Wildman–Crippen MR) is 72.2 cm³/mol. The minimum Gasteiger partial charge on any atom is -0.371 e. The zero-order valence-electron chi connectivity index (χ0n) is 10.5. The van der Waals surface area contributed by atoms with E-state index in [2.05, 4.69) is 23.1 Å². The summed E-state index contributed by atoms with van der Waals surface area (Å²) in [5.41, 5.74) is 10.1. The van der Waals surface area contributed by atoms with Gasteiger partial charge in [0.1, 0.15) is 0 Å². The molecule has 1 aliphatic carbocycles. The summed E-state index contributed by atoms with van der Waals surface area (Å²) in [6, 6.07) is 6.61. The predicted octanol–water partition coefficient (Wildman–Crippen LogP) is 2.70. The summed E-state index contributed by atoms with van der Waals surface area (Å²) in [6.07, 6.45) is 6.93. The Balaban J connectivity index is 1.78. The average Bonchev–Trinajstić information content (AvgIpc) is 2.99. The van der Waals surface area contributed by atoms with Crippen LogP contribution in [0.4, 0.5) is 5.69 Å². The van der Waals surface area contributed by atoms with Gasteiger partial charge in [-0.15, -0.1) is 0 Å². The van der Waals surface area contributed by atoms with Gasteiger partial charge in [-0.1, -0.05) is 25.0 Å². The van der Waals surface area contributed by atoms with Crippen LogP contribution in [0, 0.1) is 5.92 Å². The fourth-order valence-electron chi connectivity index (χ4n) is 3.46. The quantitative estimate of drug-likeness (QED) is 0.865. The molecule has 2 nitrogen and oxygen atoms in total. The van der Waals surface area contributed by atoms with E-state index in [4.69, 9.17) is 5.73 Å². The number of hydrogen-bond acceptors (Lipinski definition) is 2. The molecular weight excluding hydrogens is 208 g/mol. The summed E-state index contributed by atoms with van der Waals surface area (Å²) in [5.74, 6) is 0.933. The topological polar surface area (TPSA) is 29.3 Å². The first kappa shape index (κ1) is 11.1. The third kappa shape index (κ3) is 2.06. The molecule has 17 heavy (non-hydrogen) atoms. The Morgan fingerprint density at radius 2 is 2.06 bits per heavy atom. The van der Waals surface area contributed by atoms with Gasteiger partial charge < -0.3 is 10.6 Å². The van der Waals surface area contributed by atoms with E-state index in [1.807, 2.05) is 0 Å². The fraction of sp³-hybridized carbons (Fsp3) is 0.600. The molecule has 0 radical (unpaired) electrons. The molecule has 0 amide bonds. The molecule has 1 heterocycles. The SMILES string of the molecule is NCc1cccc2c1CCN2CC1CCCC1. The Kier molecular flexibility index (Phi) is 3.06. The normalized spacial score (nSPS) is 19.9. The van der Waals surface area contributed by atoms with Gasteiger partial charge in [0.05, 0.1) is 0 Å². The second-order valence-corrected chi connectivity index (χ2v) is 5.47. The molecule has 0 saturated heterocycles. The lowest BCUT2D eigenvalue weighted by Crippen LogP contribution is -2.26. The first-order valence-corrected chi connectivity index (χ1v) is 6.94. The molecule has 0 bridgehead atoms. The Morgan fingerprint density at radius 3 is 2.82 bits per heavy atom. The second kappa shape index (κ2) is 4.69. The van der Waals surface area contributed by atoms with Crippen molar-refractivity contribution in [3.8, 4) is 0 Å². The van der Waals surface area contributed by atoms with Gasteiger partial charge in [-0.05, 0) is 42.4 Å². The lowest BCUT2D eigenvalue weighted by Gasteiger charge is -2.23. The average molecular weight is 230 g/mol. The van der Waals surface area contributed by atoms with Gasteiger partial charge in [-0.2, -0.15) is 0 Å². The van der Waals surface area contributed by atoms with E-state index in [9.17, 15) is 0 Å². The molecule has 1 fully saturated rings. The van der Waals surface area contributed by atoms with Crippen LogP contribution in [0.5, 0.6) is 0 Å². The molecule has 2 aliphatic rings. The van der Waals surface area contributed by atoms with Gasteiger partial charge in [0.2, 0.25) is 0 Å². The molecule has 0 aromatic heterocycles. The van der Waals surface area contributed by atoms with Crippen LogP contribution in [0.15, 0.2) is 18.2 Å². The summed E-state index contributed by atoms with van der Waals surface area (Å²) >= 11 is 0. The van der Waals surface area contributed by atoms with Gasteiger partial charge in [-0.3, -0.25) is 0 Å². The van der Waals surface area contributed by atoms with Crippen LogP contribution >= 0.6 is 0 Å². The molecule has 0 unspecified atom stereocenters. The standard InChI is InChI=1S/C15H22N2/c16-10-13-6-3-7-15-14(13)8-9-17(15)11-12-4-1-2-5-12/h3,6-7,12H,1-2,4-5,8-11,16H2.